The summed E-state index contributed by atoms with van der Waals surface area (Å²) in [7, 11) is -0.692. The van der Waals surface area contributed by atoms with E-state index in [9.17, 15) is 23.4 Å². The van der Waals surface area contributed by atoms with Gasteiger partial charge in [0.2, 0.25) is 11.3 Å². The van der Waals surface area contributed by atoms with Crippen LogP contribution in [0.5, 0.6) is 0 Å². The molecule has 2 fully saturated rings. The van der Waals surface area contributed by atoms with E-state index in [1.807, 2.05) is 152 Å². The first-order chi connectivity index (χ1) is 37.0. The van der Waals surface area contributed by atoms with E-state index in [0.717, 1.165) is 28.5 Å². The van der Waals surface area contributed by atoms with Crippen molar-refractivity contribution in [2.24, 2.45) is 10.6 Å². The Hall–Kier alpha value is -7.77. The molecule has 2 amide bonds. The maximum atomic E-state index is 15.2. The van der Waals surface area contributed by atoms with Crippen molar-refractivity contribution < 1.29 is 37.7 Å². The van der Waals surface area contributed by atoms with Gasteiger partial charge in [0, 0.05) is 44.3 Å². The van der Waals surface area contributed by atoms with Gasteiger partial charge in [-0.15, -0.1) is 34.4 Å². The summed E-state index contributed by atoms with van der Waals surface area (Å²) in [4.78, 5) is 82.8. The lowest BCUT2D eigenvalue weighted by Gasteiger charge is -2.53. The molecular weight excluding hydrogens is 1040 g/mol. The van der Waals surface area contributed by atoms with Gasteiger partial charge >= 0.3 is 11.9 Å². The molecule has 6 aromatic carbocycles. The van der Waals surface area contributed by atoms with Gasteiger partial charge in [0.15, 0.2) is 16.9 Å². The molecular formula is C58H49N5O9S4. The van der Waals surface area contributed by atoms with Crippen LogP contribution in [0.25, 0.3) is 10.1 Å². The number of carbonyl (C=O) groups is 4. The molecule has 0 spiro atoms. The van der Waals surface area contributed by atoms with E-state index >= 15 is 4.79 Å². The number of oxime groups is 1. The molecule has 0 bridgehead atoms. The molecule has 4 heterocycles. The van der Waals surface area contributed by atoms with Crippen molar-refractivity contribution in [2.45, 2.75) is 34.2 Å². The standard InChI is InChI=1S/C58H49N5O9S4/c1-3-71-53(67)45-48(64)42-31-19-20-32-44(42)75-54(45)74-35-57(55(68)72-49(37-21-9-4-10-22-37)38-23-11-5-12-24-38)34-63-51(66)47(52(63)76(69)36-57)60-50(65)46(62-70-2)43-33-73-56(59-43)61-58(39-25-13-6-14-26-39,40-27-15-7-16-28-40)41-29-17-8-18-30-41/h4-33,47,49,52H,3,34-36H2,1-2H3,(H,59,61)(H,60,65)/t47?,52-,57?,76?/m1/s1. The number of rotatable bonds is 18. The predicted molar refractivity (Wildman–Crippen MR) is 297 cm³/mol. The van der Waals surface area contributed by atoms with Crippen LogP contribution >= 0.6 is 34.4 Å². The first-order valence-electron chi connectivity index (χ1n) is 24.2. The molecule has 0 saturated carbocycles. The van der Waals surface area contributed by atoms with E-state index in [4.69, 9.17) is 19.3 Å². The quantitative estimate of drug-likeness (QED) is 0.0208. The highest BCUT2D eigenvalue weighted by Gasteiger charge is 2.61. The van der Waals surface area contributed by atoms with Gasteiger partial charge in [0.1, 0.15) is 40.7 Å². The van der Waals surface area contributed by atoms with Crippen LogP contribution in [0.15, 0.2) is 195 Å². The second-order valence-corrected chi connectivity index (χ2v) is 22.6. The molecule has 76 heavy (non-hydrogen) atoms. The Bertz CT molecular complexity index is 3400. The second-order valence-electron chi connectivity index (χ2n) is 18.0. The van der Waals surface area contributed by atoms with Crippen LogP contribution < -0.4 is 16.1 Å². The SMILES string of the molecule is CCOC(=O)c1c(SCC2(C(=O)OC(c3ccccc3)c3ccccc3)CN3C(=O)C(NC(=O)C(=NOC)c4csc(NC(c5ccccc5)(c5ccccc5)c5ccccc5)n4)[C@H]3S(=O)C2)sc2ccccc2c1=O. The number of esters is 2. The number of thioether (sulfide) groups is 1. The van der Waals surface area contributed by atoms with Gasteiger partial charge in [0.25, 0.3) is 5.91 Å². The molecule has 8 aromatic rings. The van der Waals surface area contributed by atoms with E-state index < -0.39 is 68.5 Å². The highest BCUT2D eigenvalue weighted by molar-refractivity contribution is 8.01. The number of hydrogen-bond donors (Lipinski definition) is 2. The second kappa shape index (κ2) is 22.6. The zero-order valence-corrected chi connectivity index (χ0v) is 44.3. The smallest absolute Gasteiger partial charge is 0.344 e. The maximum absolute atomic E-state index is 15.2. The number of nitrogens with zero attached hydrogens (tertiary/aromatic N) is 3. The van der Waals surface area contributed by atoms with E-state index in [1.54, 1.807) is 36.6 Å². The molecule has 2 aliphatic rings. The van der Waals surface area contributed by atoms with Crippen LogP contribution in [0, 0.1) is 5.41 Å². The van der Waals surface area contributed by atoms with E-state index in [2.05, 4.69) is 15.8 Å². The summed E-state index contributed by atoms with van der Waals surface area (Å²) >= 11 is 3.51. The third-order valence-electron chi connectivity index (χ3n) is 13.2. The monoisotopic (exact) mass is 1090 g/mol. The Morgan fingerprint density at radius 3 is 1.93 bits per heavy atom. The number of benzene rings is 6. The van der Waals surface area contributed by atoms with Gasteiger partial charge in [-0.2, -0.15) is 0 Å². The van der Waals surface area contributed by atoms with Crippen LogP contribution in [0.3, 0.4) is 0 Å². The highest BCUT2D eigenvalue weighted by atomic mass is 32.2. The number of β-lactam (4-membered cyclic amide) rings is 1. The molecule has 0 aliphatic carbocycles. The Morgan fingerprint density at radius 2 is 1.37 bits per heavy atom. The normalized spacial score (nSPS) is 18.3. The van der Waals surface area contributed by atoms with Gasteiger partial charge in [-0.1, -0.05) is 169 Å². The number of hydrogen-bond acceptors (Lipinski definition) is 15. The lowest BCUT2D eigenvalue weighted by Crippen LogP contribution is -2.77. The molecule has 3 unspecified atom stereocenters. The molecule has 2 aliphatic heterocycles. The van der Waals surface area contributed by atoms with Crippen LogP contribution in [0.4, 0.5) is 5.13 Å². The average Bonchev–Trinajstić information content (AvgIpc) is 3.92. The molecule has 0 radical (unpaired) electrons. The number of fused-ring (bicyclic) bond motifs is 2. The first-order valence-corrected chi connectivity index (χ1v) is 28.3. The summed E-state index contributed by atoms with van der Waals surface area (Å²) < 4.78 is 27.6. The van der Waals surface area contributed by atoms with Crippen LogP contribution in [-0.2, 0) is 45.0 Å². The third kappa shape index (κ3) is 10.1. The van der Waals surface area contributed by atoms with Crippen LogP contribution in [0.1, 0.15) is 56.9 Å². The van der Waals surface area contributed by atoms with Crippen molar-refractivity contribution in [2.75, 3.05) is 37.1 Å². The molecule has 10 rings (SSSR count). The van der Waals surface area contributed by atoms with Gasteiger partial charge in [-0.25, -0.2) is 9.78 Å². The fourth-order valence-corrected chi connectivity index (χ4v) is 15.1. The fraction of sp³-hybridized carbons (Fsp3) is 0.190. The highest BCUT2D eigenvalue weighted by Crippen LogP contribution is 2.45. The van der Waals surface area contributed by atoms with Crippen molar-refractivity contribution >= 4 is 89.9 Å². The summed E-state index contributed by atoms with van der Waals surface area (Å²) in [5, 5.41) is 12.0. The number of carbonyl (C=O) groups excluding carboxylic acids is 4. The minimum absolute atomic E-state index is 0.0192. The molecule has 2 N–H and O–H groups in total. The summed E-state index contributed by atoms with van der Waals surface area (Å²) in [5.74, 6) is -3.38. The third-order valence-corrected chi connectivity index (χ3v) is 18.6. The fourth-order valence-electron chi connectivity index (χ4n) is 9.63. The summed E-state index contributed by atoms with van der Waals surface area (Å²) in [6.45, 7) is 1.41. The molecule has 2 aromatic heterocycles. The maximum Gasteiger partial charge on any atom is 0.344 e. The largest absolute Gasteiger partial charge is 0.462 e. The number of ether oxygens (including phenoxy) is 2. The molecule has 384 valence electrons. The lowest BCUT2D eigenvalue weighted by atomic mass is 9.77. The minimum Gasteiger partial charge on any atom is -0.462 e. The summed E-state index contributed by atoms with van der Waals surface area (Å²) in [6.07, 6.45) is -0.889. The lowest BCUT2D eigenvalue weighted by molar-refractivity contribution is -0.164. The Kier molecular flexibility index (Phi) is 15.4. The van der Waals surface area contributed by atoms with Gasteiger partial charge in [-0.05, 0) is 46.9 Å². The van der Waals surface area contributed by atoms with Crippen molar-refractivity contribution in [1.82, 2.24) is 15.2 Å². The van der Waals surface area contributed by atoms with Crippen molar-refractivity contribution in [3.05, 3.63) is 231 Å². The number of thiazole rings is 1. The van der Waals surface area contributed by atoms with Crippen molar-refractivity contribution in [3.8, 4) is 0 Å². The van der Waals surface area contributed by atoms with Gasteiger partial charge in [0.05, 0.1) is 10.8 Å². The Morgan fingerprint density at radius 1 is 0.816 bits per heavy atom. The zero-order chi connectivity index (χ0) is 52.8. The van der Waals surface area contributed by atoms with Gasteiger partial charge < -0.3 is 29.8 Å². The number of nitrogens with one attached hydrogen (secondary N) is 2. The van der Waals surface area contributed by atoms with Crippen molar-refractivity contribution in [1.29, 1.82) is 0 Å². The molecule has 4 atom stereocenters. The Labute approximate surface area is 452 Å². The minimum atomic E-state index is -1.98. The number of amides is 2. The first kappa shape index (κ1) is 51.7. The number of anilines is 1. The average molecular weight is 1090 g/mol. The van der Waals surface area contributed by atoms with Gasteiger partial charge in [-0.3, -0.25) is 23.4 Å². The van der Waals surface area contributed by atoms with E-state index in [1.165, 1.54) is 34.7 Å². The molecule has 18 heteroatoms. The molecule has 2 saturated heterocycles. The van der Waals surface area contributed by atoms with E-state index in [-0.39, 0.29) is 41.6 Å². The summed E-state index contributed by atoms with van der Waals surface area (Å²) in [6, 6.07) is 53.9. The number of aromatic nitrogens is 1. The molecule has 14 nitrogen and oxygen atoms in total. The Balaban J connectivity index is 0.940. The van der Waals surface area contributed by atoms with Crippen LogP contribution in [0.2, 0.25) is 0 Å². The van der Waals surface area contributed by atoms with Crippen molar-refractivity contribution in [3.63, 3.8) is 0 Å². The predicted octanol–water partition coefficient (Wildman–Crippen LogP) is 9.18. The zero-order valence-electron chi connectivity index (χ0n) is 41.0. The van der Waals surface area contributed by atoms with Crippen LogP contribution in [-0.4, -0.2) is 86.7 Å². The summed E-state index contributed by atoms with van der Waals surface area (Å²) in [5.41, 5.74) is 0.850. The topological polar surface area (TPSA) is 183 Å². The van der Waals surface area contributed by atoms with E-state index in [0.29, 0.717) is 30.6 Å².